The quantitative estimate of drug-likeness (QED) is 0.743. The first kappa shape index (κ1) is 14.9. The molecule has 0 bridgehead atoms. The second-order valence-electron chi connectivity index (χ2n) is 5.53. The van der Waals surface area contributed by atoms with Crippen molar-refractivity contribution in [3.63, 3.8) is 0 Å². The first-order valence-electron chi connectivity index (χ1n) is 7.24. The molecule has 0 radical (unpaired) electrons. The molecule has 1 fully saturated rings. The Labute approximate surface area is 107 Å². The van der Waals surface area contributed by atoms with Crippen LogP contribution in [0.15, 0.2) is 0 Å². The summed E-state index contributed by atoms with van der Waals surface area (Å²) in [5.41, 5.74) is 5.68. The van der Waals surface area contributed by atoms with Gasteiger partial charge in [-0.05, 0) is 50.6 Å². The molecule has 0 aliphatic carbocycles. The monoisotopic (exact) mass is 242 g/mol. The van der Waals surface area contributed by atoms with Gasteiger partial charge in [0.2, 0.25) is 0 Å². The lowest BCUT2D eigenvalue weighted by molar-refractivity contribution is 0.140. The van der Waals surface area contributed by atoms with E-state index < -0.39 is 0 Å². The van der Waals surface area contributed by atoms with Crippen molar-refractivity contribution >= 4 is 0 Å². The van der Waals surface area contributed by atoms with Crippen LogP contribution in [0, 0.1) is 11.8 Å². The lowest BCUT2D eigenvalue weighted by Crippen LogP contribution is -2.28. The minimum Gasteiger partial charge on any atom is -0.380 e. The number of hydrogen-bond acceptors (Lipinski definition) is 3. The normalized spacial score (nSPS) is 20.5. The standard InChI is InChI=1S/C14H30N2O/c1-13(2)14(6-7-15)5-3-8-16-9-4-11-17-12-10-16/h13-14H,3-12,15H2,1-2H3. The zero-order chi connectivity index (χ0) is 12.5. The molecule has 1 aliphatic rings. The largest absolute Gasteiger partial charge is 0.380 e. The van der Waals surface area contributed by atoms with Crippen LogP contribution in [0.4, 0.5) is 0 Å². The van der Waals surface area contributed by atoms with E-state index in [-0.39, 0.29) is 0 Å². The minimum absolute atomic E-state index is 0.769. The molecule has 0 saturated carbocycles. The predicted octanol–water partition coefficient (Wildman–Crippen LogP) is 2.11. The third-order valence-corrected chi connectivity index (χ3v) is 3.84. The summed E-state index contributed by atoms with van der Waals surface area (Å²) in [6.45, 7) is 10.9. The number of rotatable bonds is 7. The average Bonchev–Trinajstić information content (AvgIpc) is 2.56. The summed E-state index contributed by atoms with van der Waals surface area (Å²) in [5, 5.41) is 0. The van der Waals surface area contributed by atoms with E-state index in [0.717, 1.165) is 38.1 Å². The van der Waals surface area contributed by atoms with Crippen LogP contribution in [0.1, 0.15) is 39.5 Å². The van der Waals surface area contributed by atoms with Crippen LogP contribution in [-0.4, -0.2) is 44.3 Å². The Kier molecular flexibility index (Phi) is 7.82. The van der Waals surface area contributed by atoms with Crippen LogP contribution >= 0.6 is 0 Å². The van der Waals surface area contributed by atoms with Gasteiger partial charge in [-0.1, -0.05) is 13.8 Å². The van der Waals surface area contributed by atoms with E-state index in [1.54, 1.807) is 0 Å². The van der Waals surface area contributed by atoms with Crippen LogP contribution in [0.3, 0.4) is 0 Å². The third-order valence-electron chi connectivity index (χ3n) is 3.84. The smallest absolute Gasteiger partial charge is 0.0593 e. The zero-order valence-electron chi connectivity index (χ0n) is 11.7. The van der Waals surface area contributed by atoms with E-state index in [0.29, 0.717) is 0 Å². The number of hydrogen-bond donors (Lipinski definition) is 1. The molecule has 0 aromatic carbocycles. The molecule has 0 aromatic heterocycles. The summed E-state index contributed by atoms with van der Waals surface area (Å²) in [5.74, 6) is 1.58. The topological polar surface area (TPSA) is 38.5 Å². The molecule has 102 valence electrons. The molecule has 1 unspecified atom stereocenters. The van der Waals surface area contributed by atoms with Crippen molar-refractivity contribution in [2.45, 2.75) is 39.5 Å². The zero-order valence-corrected chi connectivity index (χ0v) is 11.7. The lowest BCUT2D eigenvalue weighted by Gasteiger charge is -2.23. The van der Waals surface area contributed by atoms with Gasteiger partial charge < -0.3 is 15.4 Å². The van der Waals surface area contributed by atoms with Crippen molar-refractivity contribution in [1.29, 1.82) is 0 Å². The maximum absolute atomic E-state index is 5.68. The van der Waals surface area contributed by atoms with E-state index in [1.165, 1.54) is 38.8 Å². The second kappa shape index (κ2) is 8.90. The van der Waals surface area contributed by atoms with Gasteiger partial charge in [-0.25, -0.2) is 0 Å². The minimum atomic E-state index is 0.769. The van der Waals surface area contributed by atoms with Gasteiger partial charge in [-0.2, -0.15) is 0 Å². The van der Waals surface area contributed by atoms with E-state index in [1.807, 2.05) is 0 Å². The maximum atomic E-state index is 5.68. The molecule has 1 aliphatic heterocycles. The van der Waals surface area contributed by atoms with Crippen molar-refractivity contribution in [3.8, 4) is 0 Å². The molecule has 3 heteroatoms. The average molecular weight is 242 g/mol. The molecular weight excluding hydrogens is 212 g/mol. The molecule has 1 saturated heterocycles. The van der Waals surface area contributed by atoms with Crippen molar-refractivity contribution in [3.05, 3.63) is 0 Å². The highest BCUT2D eigenvalue weighted by Gasteiger charge is 2.14. The summed E-state index contributed by atoms with van der Waals surface area (Å²) in [6.07, 6.45) is 5.01. The fourth-order valence-electron chi connectivity index (χ4n) is 2.62. The summed E-state index contributed by atoms with van der Waals surface area (Å²) in [4.78, 5) is 2.55. The van der Waals surface area contributed by atoms with E-state index in [9.17, 15) is 0 Å². The molecule has 1 atom stereocenters. The van der Waals surface area contributed by atoms with Gasteiger partial charge in [0.15, 0.2) is 0 Å². The van der Waals surface area contributed by atoms with Gasteiger partial charge in [0.25, 0.3) is 0 Å². The van der Waals surface area contributed by atoms with Crippen LogP contribution in [-0.2, 0) is 4.74 Å². The maximum Gasteiger partial charge on any atom is 0.0593 e. The SMILES string of the molecule is CC(C)C(CCN)CCCN1CCCOCC1. The summed E-state index contributed by atoms with van der Waals surface area (Å²) >= 11 is 0. The Morgan fingerprint density at radius 1 is 1.18 bits per heavy atom. The lowest BCUT2D eigenvalue weighted by atomic mass is 9.88. The summed E-state index contributed by atoms with van der Waals surface area (Å²) < 4.78 is 5.47. The molecule has 1 heterocycles. The molecule has 0 aromatic rings. The number of ether oxygens (including phenoxy) is 1. The second-order valence-corrected chi connectivity index (χ2v) is 5.53. The molecule has 17 heavy (non-hydrogen) atoms. The van der Waals surface area contributed by atoms with Gasteiger partial charge in [-0.15, -0.1) is 0 Å². The van der Waals surface area contributed by atoms with Crippen LogP contribution in [0.2, 0.25) is 0 Å². The van der Waals surface area contributed by atoms with Gasteiger partial charge in [0, 0.05) is 19.7 Å². The van der Waals surface area contributed by atoms with Crippen LogP contribution < -0.4 is 5.73 Å². The van der Waals surface area contributed by atoms with Crippen molar-refractivity contribution in [1.82, 2.24) is 4.90 Å². The molecule has 3 nitrogen and oxygen atoms in total. The van der Waals surface area contributed by atoms with Gasteiger partial charge in [0.05, 0.1) is 6.61 Å². The van der Waals surface area contributed by atoms with Gasteiger partial charge in [0.1, 0.15) is 0 Å². The highest BCUT2D eigenvalue weighted by molar-refractivity contribution is 4.67. The Hall–Kier alpha value is -0.120. The van der Waals surface area contributed by atoms with Crippen molar-refractivity contribution < 1.29 is 4.74 Å². The van der Waals surface area contributed by atoms with Crippen molar-refractivity contribution in [2.24, 2.45) is 17.6 Å². The number of nitrogens with zero attached hydrogens (tertiary/aromatic N) is 1. The predicted molar refractivity (Wildman–Crippen MR) is 73.1 cm³/mol. The summed E-state index contributed by atoms with van der Waals surface area (Å²) in [6, 6.07) is 0. The molecule has 2 N–H and O–H groups in total. The molecule has 0 amide bonds. The van der Waals surface area contributed by atoms with E-state index in [4.69, 9.17) is 10.5 Å². The third kappa shape index (κ3) is 6.39. The van der Waals surface area contributed by atoms with Gasteiger partial charge in [-0.3, -0.25) is 0 Å². The first-order valence-corrected chi connectivity index (χ1v) is 7.24. The first-order chi connectivity index (χ1) is 8.24. The highest BCUT2D eigenvalue weighted by Crippen LogP contribution is 2.20. The Morgan fingerprint density at radius 2 is 2.00 bits per heavy atom. The Bertz CT molecular complexity index is 177. The van der Waals surface area contributed by atoms with Gasteiger partial charge >= 0.3 is 0 Å². The van der Waals surface area contributed by atoms with E-state index in [2.05, 4.69) is 18.7 Å². The number of nitrogens with two attached hydrogens (primary N) is 1. The van der Waals surface area contributed by atoms with Crippen LogP contribution in [0.25, 0.3) is 0 Å². The molecular formula is C14H30N2O. The summed E-state index contributed by atoms with van der Waals surface area (Å²) in [7, 11) is 0. The highest BCUT2D eigenvalue weighted by atomic mass is 16.5. The van der Waals surface area contributed by atoms with E-state index >= 15 is 0 Å². The fraction of sp³-hybridized carbons (Fsp3) is 1.00. The molecule has 1 rings (SSSR count). The molecule has 0 spiro atoms. The van der Waals surface area contributed by atoms with Crippen LogP contribution in [0.5, 0.6) is 0 Å². The Balaban J connectivity index is 2.15. The Morgan fingerprint density at radius 3 is 2.71 bits per heavy atom. The fourth-order valence-corrected chi connectivity index (χ4v) is 2.62. The van der Waals surface area contributed by atoms with Crippen molar-refractivity contribution in [2.75, 3.05) is 39.4 Å².